The smallest absolute Gasteiger partial charge is 0.303 e. The third kappa shape index (κ3) is 16.1. The van der Waals surface area contributed by atoms with Gasteiger partial charge in [0.05, 0.1) is 18.6 Å². The third-order valence-corrected chi connectivity index (χ3v) is 6.74. The van der Waals surface area contributed by atoms with Crippen molar-refractivity contribution in [2.75, 3.05) is 25.1 Å². The predicted octanol–water partition coefficient (Wildman–Crippen LogP) is 5.62. The molecule has 2 fully saturated rings. The van der Waals surface area contributed by atoms with E-state index in [1.54, 1.807) is 13.8 Å². The normalized spacial score (nSPS) is 23.3. The lowest BCUT2D eigenvalue weighted by molar-refractivity contribution is -0.303. The number of alkyl halides is 2. The number of carboxylic acids is 1. The summed E-state index contributed by atoms with van der Waals surface area (Å²) in [4.78, 5) is 46.5. The number of hydrogen-bond acceptors (Lipinski definition) is 9. The lowest BCUT2D eigenvalue weighted by Gasteiger charge is -2.45. The maximum atomic E-state index is 12.4. The monoisotopic (exact) mass is 641 g/mol. The van der Waals surface area contributed by atoms with Gasteiger partial charge in [0.1, 0.15) is 18.0 Å². The van der Waals surface area contributed by atoms with Crippen LogP contribution in [0.3, 0.4) is 0 Å². The Morgan fingerprint density at radius 1 is 0.690 bits per heavy atom. The Hall–Kier alpha value is -1.14. The van der Waals surface area contributed by atoms with E-state index in [1.165, 1.54) is 0 Å². The first-order valence-electron chi connectivity index (χ1n) is 14.5. The van der Waals surface area contributed by atoms with Crippen molar-refractivity contribution in [2.45, 2.75) is 131 Å². The molecule has 2 saturated heterocycles. The average Bonchev–Trinajstić information content (AvgIpc) is 2.86. The minimum absolute atomic E-state index is 0.0127. The van der Waals surface area contributed by atoms with E-state index in [9.17, 15) is 19.2 Å². The molecule has 10 nitrogen and oxygen atoms in total. The summed E-state index contributed by atoms with van der Waals surface area (Å²) in [6, 6.07) is 0. The zero-order chi connectivity index (χ0) is 32.8. The Morgan fingerprint density at radius 2 is 1.05 bits per heavy atom. The Kier molecular flexibility index (Phi) is 18.1. The second-order valence-corrected chi connectivity index (χ2v) is 13.7. The number of nitrogens with two attached hydrogens (primary N) is 1. The molecule has 246 valence electrons. The quantitative estimate of drug-likeness (QED) is 0.242. The fourth-order valence-corrected chi connectivity index (χ4v) is 4.39. The van der Waals surface area contributed by atoms with Crippen molar-refractivity contribution in [1.82, 2.24) is 0 Å². The Labute approximate surface area is 261 Å². The molecule has 42 heavy (non-hydrogen) atoms. The van der Waals surface area contributed by atoms with Gasteiger partial charge in [0.15, 0.2) is 23.1 Å². The van der Waals surface area contributed by atoms with Crippen molar-refractivity contribution in [3.63, 3.8) is 0 Å². The lowest BCUT2D eigenvalue weighted by Crippen LogP contribution is -2.53. The molecule has 0 aromatic heterocycles. The summed E-state index contributed by atoms with van der Waals surface area (Å²) in [7, 11) is 0. The van der Waals surface area contributed by atoms with Gasteiger partial charge < -0.3 is 29.8 Å². The van der Waals surface area contributed by atoms with Gasteiger partial charge in [-0.3, -0.25) is 19.2 Å². The highest BCUT2D eigenvalue weighted by atomic mass is 35.5. The number of carbonyl (C=O) groups excluding carboxylic acids is 3. The van der Waals surface area contributed by atoms with Crippen LogP contribution in [-0.2, 0) is 38.1 Å². The van der Waals surface area contributed by atoms with Crippen LogP contribution in [0, 0.1) is 10.8 Å². The Bertz CT molecular complexity index is 875. The molecule has 2 aliphatic heterocycles. The standard InChI is InChI=1S/C16H29NO4.C13H22O5.CH2Cl2/c1-15(2)11-20-16(3,4)21-14(15)13(19)9-5-7-12(18)8-6-10-17;1-12(2)8-17-13(3,4)18-11(12)9(14)6-5-7-10(15)16;2-1-3/h14H,5-11,17H2,1-4H3;11H,5-8H2,1-4H3,(H,15,16);1H2/t14-;11-;/m00./s1. The lowest BCUT2D eigenvalue weighted by atomic mass is 9.82. The predicted molar refractivity (Wildman–Crippen MR) is 163 cm³/mol. The first-order valence-corrected chi connectivity index (χ1v) is 15.5. The first kappa shape index (κ1) is 40.9. The minimum atomic E-state index is -0.879. The van der Waals surface area contributed by atoms with Gasteiger partial charge in [-0.05, 0) is 53.5 Å². The van der Waals surface area contributed by atoms with E-state index in [-0.39, 0.29) is 46.4 Å². The summed E-state index contributed by atoms with van der Waals surface area (Å²) in [5, 5.41) is 8.75. The van der Waals surface area contributed by atoms with Crippen LogP contribution in [0.5, 0.6) is 0 Å². The van der Waals surface area contributed by atoms with E-state index in [2.05, 4.69) is 0 Å². The van der Waals surface area contributed by atoms with Gasteiger partial charge in [0.25, 0.3) is 0 Å². The van der Waals surface area contributed by atoms with Gasteiger partial charge in [-0.1, -0.05) is 27.7 Å². The number of ether oxygens (including phenoxy) is 4. The average molecular weight is 643 g/mol. The van der Waals surface area contributed by atoms with Gasteiger partial charge in [0, 0.05) is 42.9 Å². The fraction of sp³-hybridized carbons (Fsp3) is 0.867. The minimum Gasteiger partial charge on any atom is -0.481 e. The number of hydrogen-bond donors (Lipinski definition) is 2. The molecule has 3 N–H and O–H groups in total. The molecule has 0 radical (unpaired) electrons. The molecule has 12 heteroatoms. The summed E-state index contributed by atoms with van der Waals surface area (Å²) >= 11 is 9.53. The summed E-state index contributed by atoms with van der Waals surface area (Å²) < 4.78 is 22.6. The first-order chi connectivity index (χ1) is 19.2. The van der Waals surface area contributed by atoms with Gasteiger partial charge in [-0.25, -0.2) is 0 Å². The summed E-state index contributed by atoms with van der Waals surface area (Å²) in [6.07, 6.45) is 2.22. The molecule has 0 unspecified atom stereocenters. The van der Waals surface area contributed by atoms with Crippen molar-refractivity contribution < 1.29 is 43.2 Å². The second kappa shape index (κ2) is 18.6. The van der Waals surface area contributed by atoms with Crippen LogP contribution in [-0.4, -0.2) is 77.3 Å². The summed E-state index contributed by atoms with van der Waals surface area (Å²) in [5.41, 5.74) is 4.66. The van der Waals surface area contributed by atoms with E-state index >= 15 is 0 Å². The topological polar surface area (TPSA) is 151 Å². The van der Waals surface area contributed by atoms with Crippen LogP contribution in [0.2, 0.25) is 0 Å². The van der Waals surface area contributed by atoms with E-state index in [0.717, 1.165) is 6.42 Å². The Balaban J connectivity index is 0.000000739. The molecule has 2 aliphatic rings. The second-order valence-electron chi connectivity index (χ2n) is 12.9. The van der Waals surface area contributed by atoms with Gasteiger partial charge in [0.2, 0.25) is 0 Å². The summed E-state index contributed by atoms with van der Waals surface area (Å²) in [5.74, 6) is -2.17. The van der Waals surface area contributed by atoms with Gasteiger partial charge in [-0.2, -0.15) is 0 Å². The number of ketones is 3. The molecule has 0 amide bonds. The number of halogens is 2. The highest BCUT2D eigenvalue weighted by molar-refractivity contribution is 6.40. The van der Waals surface area contributed by atoms with Crippen LogP contribution in [0.1, 0.15) is 107 Å². The number of carbonyl (C=O) groups is 4. The van der Waals surface area contributed by atoms with Crippen LogP contribution >= 0.6 is 23.2 Å². The Morgan fingerprint density at radius 3 is 1.40 bits per heavy atom. The highest BCUT2D eigenvalue weighted by Gasteiger charge is 2.46. The van der Waals surface area contributed by atoms with Crippen molar-refractivity contribution >= 4 is 46.5 Å². The number of rotatable bonds is 13. The van der Waals surface area contributed by atoms with E-state index in [1.807, 2.05) is 41.5 Å². The van der Waals surface area contributed by atoms with Crippen LogP contribution in [0.15, 0.2) is 0 Å². The van der Waals surface area contributed by atoms with Crippen LogP contribution < -0.4 is 5.73 Å². The van der Waals surface area contributed by atoms with Crippen molar-refractivity contribution in [3.8, 4) is 0 Å². The molecular weight excluding hydrogens is 589 g/mol. The zero-order valence-electron chi connectivity index (χ0n) is 26.7. The largest absolute Gasteiger partial charge is 0.481 e. The number of carboxylic acid groups (broad SMARTS) is 1. The maximum absolute atomic E-state index is 12.4. The number of Topliss-reactive ketones (excluding diaryl/α,β-unsaturated/α-hetero) is 3. The third-order valence-electron chi connectivity index (χ3n) is 6.74. The molecular formula is C30H53Cl2NO9. The van der Waals surface area contributed by atoms with Crippen LogP contribution in [0.4, 0.5) is 0 Å². The molecule has 0 aromatic carbocycles. The fourth-order valence-electron chi connectivity index (χ4n) is 4.39. The SMILES string of the molecule is CC1(C)OCC(C)(C)[C@H](C(=O)CCCC(=O)CCCN)O1.CC1(C)OCC(C)(C)[C@H](C(=O)CCCC(=O)O)O1.ClCCl. The zero-order valence-corrected chi connectivity index (χ0v) is 28.2. The van der Waals surface area contributed by atoms with E-state index in [4.69, 9.17) is 53.0 Å². The van der Waals surface area contributed by atoms with Crippen molar-refractivity contribution in [1.29, 1.82) is 0 Å². The summed E-state index contributed by atoms with van der Waals surface area (Å²) in [6.45, 7) is 16.4. The molecule has 2 heterocycles. The molecule has 2 rings (SSSR count). The molecule has 0 spiro atoms. The molecule has 0 aliphatic carbocycles. The number of aliphatic carboxylic acids is 1. The van der Waals surface area contributed by atoms with E-state index < -0.39 is 29.8 Å². The molecule has 0 saturated carbocycles. The van der Waals surface area contributed by atoms with Gasteiger partial charge in [-0.15, -0.1) is 23.2 Å². The van der Waals surface area contributed by atoms with Gasteiger partial charge >= 0.3 is 5.97 Å². The van der Waals surface area contributed by atoms with E-state index in [0.29, 0.717) is 51.9 Å². The van der Waals surface area contributed by atoms with Crippen molar-refractivity contribution in [3.05, 3.63) is 0 Å². The highest BCUT2D eigenvalue weighted by Crippen LogP contribution is 2.37. The molecule has 0 aromatic rings. The molecule has 2 atom stereocenters. The van der Waals surface area contributed by atoms with Crippen molar-refractivity contribution in [2.24, 2.45) is 16.6 Å². The molecule has 0 bridgehead atoms. The van der Waals surface area contributed by atoms with Crippen LogP contribution in [0.25, 0.3) is 0 Å². The maximum Gasteiger partial charge on any atom is 0.303 e.